The number of rotatable bonds is 5. The van der Waals surface area contributed by atoms with E-state index in [1.165, 1.54) is 0 Å². The predicted octanol–water partition coefficient (Wildman–Crippen LogP) is 2.14. The van der Waals surface area contributed by atoms with E-state index >= 15 is 0 Å². The van der Waals surface area contributed by atoms with E-state index in [1.807, 2.05) is 19.1 Å². The van der Waals surface area contributed by atoms with Crippen molar-refractivity contribution >= 4 is 11.8 Å². The Bertz CT molecular complexity index is 933. The lowest BCUT2D eigenvalue weighted by molar-refractivity contribution is 0.291. The first kappa shape index (κ1) is 19.7. The normalized spacial score (nSPS) is 13.2. The fourth-order valence-corrected chi connectivity index (χ4v) is 3.04. The summed E-state index contributed by atoms with van der Waals surface area (Å²) in [7, 11) is 0. The Hall–Kier alpha value is -3.05. The number of guanidine groups is 1. The van der Waals surface area contributed by atoms with Crippen LogP contribution in [0.1, 0.15) is 48.7 Å². The number of aliphatic hydroxyl groups excluding tert-OH is 1. The van der Waals surface area contributed by atoms with Gasteiger partial charge in [-0.1, -0.05) is 20.8 Å². The summed E-state index contributed by atoms with van der Waals surface area (Å²) < 4.78 is 6.13. The smallest absolute Gasteiger partial charge is 0.198 e. The molecular formula is C20H26N6O2. The van der Waals surface area contributed by atoms with E-state index in [0.29, 0.717) is 37.0 Å². The van der Waals surface area contributed by atoms with Gasteiger partial charge in [0.05, 0.1) is 18.2 Å². The lowest BCUT2D eigenvalue weighted by atomic mass is 9.84. The number of aromatic amines is 1. The minimum Gasteiger partial charge on any atom is -0.487 e. The van der Waals surface area contributed by atoms with Crippen molar-refractivity contribution in [2.75, 3.05) is 13.2 Å². The molecule has 0 amide bonds. The summed E-state index contributed by atoms with van der Waals surface area (Å²) in [6.45, 7) is 9.55. The van der Waals surface area contributed by atoms with Gasteiger partial charge in [0.15, 0.2) is 11.8 Å². The largest absolute Gasteiger partial charge is 0.487 e. The van der Waals surface area contributed by atoms with Crippen molar-refractivity contribution < 1.29 is 9.84 Å². The molecule has 0 bridgehead atoms. The summed E-state index contributed by atoms with van der Waals surface area (Å²) in [5.41, 5.74) is 4.13. The van der Waals surface area contributed by atoms with Crippen molar-refractivity contribution in [3.63, 3.8) is 0 Å². The number of benzene rings is 1. The zero-order valence-corrected chi connectivity index (χ0v) is 16.7. The number of aryl methyl sites for hydroxylation is 1. The Kier molecular flexibility index (Phi) is 5.56. The molecule has 0 aliphatic carbocycles. The molecule has 0 saturated heterocycles. The van der Waals surface area contributed by atoms with Gasteiger partial charge >= 0.3 is 0 Å². The molecule has 28 heavy (non-hydrogen) atoms. The molecule has 0 saturated carbocycles. The number of fused-ring (bicyclic) bond motifs is 1. The van der Waals surface area contributed by atoms with Gasteiger partial charge in [0, 0.05) is 24.2 Å². The first-order valence-electron chi connectivity index (χ1n) is 9.25. The lowest BCUT2D eigenvalue weighted by Crippen LogP contribution is -2.39. The zero-order valence-electron chi connectivity index (χ0n) is 16.7. The molecule has 8 heteroatoms. The van der Waals surface area contributed by atoms with E-state index in [2.05, 4.69) is 52.7 Å². The first-order valence-corrected chi connectivity index (χ1v) is 9.25. The van der Waals surface area contributed by atoms with Gasteiger partial charge in [-0.15, -0.1) is 0 Å². The fourth-order valence-electron chi connectivity index (χ4n) is 3.04. The zero-order chi connectivity index (χ0) is 20.3. The standard InChI is InChI=1S/C20H26N6O2/c1-12-7-17(15(20(2,3)4)8-13(12)9-21)28-11-16-14-10-23-19(22-5-6-27)24-18(14)26-25-16/h7-8,27H,5-6,10-11H2,1-4H3,(H3,22,23,24,25,26). The average Bonchev–Trinajstić information content (AvgIpc) is 3.06. The summed E-state index contributed by atoms with van der Waals surface area (Å²) >= 11 is 0. The quantitative estimate of drug-likeness (QED) is 0.629. The number of nitrogens with one attached hydrogen (secondary N) is 3. The second-order valence-corrected chi connectivity index (χ2v) is 7.78. The van der Waals surface area contributed by atoms with Crippen LogP contribution in [0.2, 0.25) is 0 Å². The number of hydrogen-bond acceptors (Lipinski definition) is 7. The third-order valence-electron chi connectivity index (χ3n) is 4.61. The van der Waals surface area contributed by atoms with Gasteiger partial charge in [-0.2, -0.15) is 15.4 Å². The molecule has 0 fully saturated rings. The Morgan fingerprint density at radius 3 is 2.82 bits per heavy atom. The molecule has 0 unspecified atom stereocenters. The van der Waals surface area contributed by atoms with Crippen LogP contribution in [0, 0.1) is 18.3 Å². The summed E-state index contributed by atoms with van der Waals surface area (Å²) in [6.07, 6.45) is 0. The van der Waals surface area contributed by atoms with Crippen LogP contribution in [-0.4, -0.2) is 34.4 Å². The van der Waals surface area contributed by atoms with Gasteiger partial charge < -0.3 is 20.5 Å². The van der Waals surface area contributed by atoms with Gasteiger partial charge in [-0.3, -0.25) is 5.10 Å². The second-order valence-electron chi connectivity index (χ2n) is 7.78. The summed E-state index contributed by atoms with van der Waals surface area (Å²) in [5, 5.41) is 31.7. The van der Waals surface area contributed by atoms with Gasteiger partial charge in [0.2, 0.25) is 0 Å². The number of aromatic nitrogens is 2. The molecule has 2 heterocycles. The van der Waals surface area contributed by atoms with E-state index in [0.717, 1.165) is 28.1 Å². The van der Waals surface area contributed by atoms with Crippen LogP contribution in [0.25, 0.3) is 0 Å². The number of ether oxygens (including phenoxy) is 1. The molecule has 2 aromatic rings. The summed E-state index contributed by atoms with van der Waals surface area (Å²) in [6, 6.07) is 6.08. The topological polar surface area (TPSA) is 118 Å². The third kappa shape index (κ3) is 4.10. The predicted molar refractivity (Wildman–Crippen MR) is 107 cm³/mol. The Balaban J connectivity index is 1.81. The number of nitrogens with zero attached hydrogens (tertiary/aromatic N) is 3. The minimum atomic E-state index is -0.154. The maximum absolute atomic E-state index is 9.34. The molecule has 0 spiro atoms. The van der Waals surface area contributed by atoms with Gasteiger partial charge in [-0.05, 0) is 30.0 Å². The van der Waals surface area contributed by atoms with Crippen LogP contribution in [-0.2, 0) is 18.6 Å². The molecule has 1 aromatic heterocycles. The van der Waals surface area contributed by atoms with Crippen molar-refractivity contribution in [2.24, 2.45) is 4.99 Å². The lowest BCUT2D eigenvalue weighted by Gasteiger charge is -2.24. The van der Waals surface area contributed by atoms with Gasteiger partial charge in [0.25, 0.3) is 0 Å². The SMILES string of the molecule is Cc1cc(OCc2n[nH]c3c2CNC(NCCO)=N3)c(C(C)(C)C)cc1C#N. The maximum atomic E-state index is 9.34. The highest BCUT2D eigenvalue weighted by Gasteiger charge is 2.23. The Morgan fingerprint density at radius 2 is 2.14 bits per heavy atom. The Labute approximate surface area is 164 Å². The molecule has 4 N–H and O–H groups in total. The molecule has 1 aliphatic heterocycles. The van der Waals surface area contributed by atoms with Crippen molar-refractivity contribution in [2.45, 2.75) is 46.3 Å². The number of nitriles is 1. The molecule has 3 rings (SSSR count). The van der Waals surface area contributed by atoms with Crippen LogP contribution in [0.15, 0.2) is 17.1 Å². The van der Waals surface area contributed by atoms with Crippen LogP contribution < -0.4 is 15.4 Å². The van der Waals surface area contributed by atoms with Crippen molar-refractivity contribution in [3.8, 4) is 11.8 Å². The molecule has 0 radical (unpaired) electrons. The highest BCUT2D eigenvalue weighted by atomic mass is 16.5. The number of aliphatic hydroxyl groups is 1. The second kappa shape index (κ2) is 7.90. The number of H-pyrrole nitrogens is 1. The molecule has 0 atom stereocenters. The highest BCUT2D eigenvalue weighted by Crippen LogP contribution is 2.34. The third-order valence-corrected chi connectivity index (χ3v) is 4.61. The van der Waals surface area contributed by atoms with Crippen LogP contribution in [0.3, 0.4) is 0 Å². The van der Waals surface area contributed by atoms with Crippen LogP contribution in [0.4, 0.5) is 5.82 Å². The highest BCUT2D eigenvalue weighted by molar-refractivity contribution is 5.84. The molecule has 1 aromatic carbocycles. The van der Waals surface area contributed by atoms with E-state index in [9.17, 15) is 5.26 Å². The molecule has 1 aliphatic rings. The molecule has 8 nitrogen and oxygen atoms in total. The van der Waals surface area contributed by atoms with Crippen LogP contribution >= 0.6 is 0 Å². The molecule has 148 valence electrons. The monoisotopic (exact) mass is 382 g/mol. The van der Waals surface area contributed by atoms with E-state index in [-0.39, 0.29) is 12.0 Å². The van der Waals surface area contributed by atoms with Gasteiger partial charge in [-0.25, -0.2) is 0 Å². The fraction of sp³-hybridized carbons (Fsp3) is 0.450. The number of aliphatic imine (C=N–C) groups is 1. The number of hydrogen-bond donors (Lipinski definition) is 4. The molecular weight excluding hydrogens is 356 g/mol. The van der Waals surface area contributed by atoms with E-state index in [1.54, 1.807) is 0 Å². The van der Waals surface area contributed by atoms with E-state index in [4.69, 9.17) is 9.84 Å². The van der Waals surface area contributed by atoms with Crippen molar-refractivity contribution in [1.82, 2.24) is 20.8 Å². The van der Waals surface area contributed by atoms with Crippen LogP contribution in [0.5, 0.6) is 5.75 Å². The van der Waals surface area contributed by atoms with Crippen molar-refractivity contribution in [1.29, 1.82) is 5.26 Å². The summed E-state index contributed by atoms with van der Waals surface area (Å²) in [4.78, 5) is 4.43. The van der Waals surface area contributed by atoms with E-state index < -0.39 is 0 Å². The van der Waals surface area contributed by atoms with Gasteiger partial charge in [0.1, 0.15) is 18.1 Å². The summed E-state index contributed by atoms with van der Waals surface area (Å²) in [5.74, 6) is 2.05. The average molecular weight is 382 g/mol. The van der Waals surface area contributed by atoms with Crippen molar-refractivity contribution in [3.05, 3.63) is 40.1 Å². The Morgan fingerprint density at radius 1 is 1.36 bits per heavy atom. The first-order chi connectivity index (χ1) is 13.3. The minimum absolute atomic E-state index is 0.0374. The maximum Gasteiger partial charge on any atom is 0.198 e.